The van der Waals surface area contributed by atoms with Crippen LogP contribution in [0.1, 0.15) is 57.4 Å². The first-order valence-electron chi connectivity index (χ1n) is 9.69. The number of β-amino-alcohol motifs (C(OH)–C–C–N with tert-alkyl or cyclic N) is 1. The summed E-state index contributed by atoms with van der Waals surface area (Å²) in [5.41, 5.74) is 1.16. The Morgan fingerprint density at radius 3 is 2.71 bits per heavy atom. The number of rotatable bonds is 4. The number of nitrogens with zero attached hydrogens (tertiary/aromatic N) is 1. The number of piperidine rings is 1. The molecule has 1 aliphatic carbocycles. The van der Waals surface area contributed by atoms with Gasteiger partial charge in [-0.25, -0.2) is 0 Å². The Kier molecular flexibility index (Phi) is 5.83. The fraction of sp³-hybridized carbons (Fsp3) is 0.714. The first-order chi connectivity index (χ1) is 11.6. The SMILES string of the molecule is CC[C@@H]1CC[C@@H](C)[C@H](N2CC[C@@H](c3ccccc3OC)[C@H](O)C2)C1. The van der Waals surface area contributed by atoms with E-state index in [9.17, 15) is 5.11 Å². The minimum atomic E-state index is -0.302. The molecule has 1 aliphatic heterocycles. The summed E-state index contributed by atoms with van der Waals surface area (Å²) in [6, 6.07) is 8.81. The predicted molar refractivity (Wildman–Crippen MR) is 98.5 cm³/mol. The van der Waals surface area contributed by atoms with E-state index in [1.165, 1.54) is 25.7 Å². The molecule has 3 heteroatoms. The molecule has 1 saturated heterocycles. The van der Waals surface area contributed by atoms with Gasteiger partial charge in [0.1, 0.15) is 5.75 Å². The van der Waals surface area contributed by atoms with Crippen LogP contribution in [0.5, 0.6) is 5.75 Å². The first kappa shape index (κ1) is 17.8. The van der Waals surface area contributed by atoms with Gasteiger partial charge in [-0.1, -0.05) is 44.9 Å². The highest BCUT2D eigenvalue weighted by atomic mass is 16.5. The lowest BCUT2D eigenvalue weighted by Crippen LogP contribution is -2.51. The molecule has 1 aromatic carbocycles. The Labute approximate surface area is 147 Å². The number of hydrogen-bond donors (Lipinski definition) is 1. The molecular weight excluding hydrogens is 298 g/mol. The second kappa shape index (κ2) is 7.88. The second-order valence-electron chi connectivity index (χ2n) is 7.83. The number of para-hydroxylation sites is 1. The van der Waals surface area contributed by atoms with Gasteiger partial charge in [0.05, 0.1) is 13.2 Å². The molecular formula is C21H33NO2. The molecule has 0 unspecified atom stereocenters. The van der Waals surface area contributed by atoms with E-state index in [0.717, 1.165) is 42.7 Å². The van der Waals surface area contributed by atoms with Crippen LogP contribution in [0.4, 0.5) is 0 Å². The monoisotopic (exact) mass is 331 g/mol. The number of hydrogen-bond acceptors (Lipinski definition) is 3. The normalized spacial score (nSPS) is 34.9. The number of methoxy groups -OCH3 is 1. The Hall–Kier alpha value is -1.06. The molecule has 24 heavy (non-hydrogen) atoms. The summed E-state index contributed by atoms with van der Waals surface area (Å²) in [7, 11) is 1.72. The third kappa shape index (κ3) is 3.62. The van der Waals surface area contributed by atoms with E-state index >= 15 is 0 Å². The highest BCUT2D eigenvalue weighted by Gasteiger charge is 2.37. The van der Waals surface area contributed by atoms with Gasteiger partial charge >= 0.3 is 0 Å². The van der Waals surface area contributed by atoms with Crippen molar-refractivity contribution in [1.82, 2.24) is 4.90 Å². The summed E-state index contributed by atoms with van der Waals surface area (Å²) in [5, 5.41) is 10.9. The summed E-state index contributed by atoms with van der Waals surface area (Å²) in [5.74, 6) is 2.73. The van der Waals surface area contributed by atoms with E-state index in [1.807, 2.05) is 18.2 Å². The van der Waals surface area contributed by atoms with Crippen LogP contribution in [0.2, 0.25) is 0 Å². The number of aliphatic hydroxyl groups excluding tert-OH is 1. The summed E-state index contributed by atoms with van der Waals surface area (Å²) < 4.78 is 5.51. The molecule has 2 fully saturated rings. The average molecular weight is 332 g/mol. The van der Waals surface area contributed by atoms with Crippen LogP contribution in [0.15, 0.2) is 24.3 Å². The van der Waals surface area contributed by atoms with Crippen molar-refractivity contribution < 1.29 is 9.84 Å². The van der Waals surface area contributed by atoms with Crippen molar-refractivity contribution in [2.75, 3.05) is 20.2 Å². The van der Waals surface area contributed by atoms with Crippen molar-refractivity contribution in [1.29, 1.82) is 0 Å². The fourth-order valence-corrected chi connectivity index (χ4v) is 4.86. The zero-order valence-electron chi connectivity index (χ0n) is 15.4. The molecule has 1 aromatic rings. The predicted octanol–water partition coefficient (Wildman–Crippen LogP) is 4.06. The van der Waals surface area contributed by atoms with Gasteiger partial charge in [-0.3, -0.25) is 4.90 Å². The van der Waals surface area contributed by atoms with Crippen LogP contribution in [0, 0.1) is 11.8 Å². The molecule has 1 N–H and O–H groups in total. The Morgan fingerprint density at radius 2 is 2.00 bits per heavy atom. The first-order valence-corrected chi connectivity index (χ1v) is 9.69. The van der Waals surface area contributed by atoms with Crippen LogP contribution in [0.25, 0.3) is 0 Å². The highest BCUT2D eigenvalue weighted by molar-refractivity contribution is 5.37. The van der Waals surface area contributed by atoms with Crippen LogP contribution in [0.3, 0.4) is 0 Å². The number of aliphatic hydroxyl groups is 1. The molecule has 2 aliphatic rings. The molecule has 0 spiro atoms. The van der Waals surface area contributed by atoms with E-state index in [1.54, 1.807) is 7.11 Å². The maximum atomic E-state index is 10.9. The number of likely N-dealkylation sites (tertiary alicyclic amines) is 1. The molecule has 5 atom stereocenters. The molecule has 3 rings (SSSR count). The van der Waals surface area contributed by atoms with Crippen LogP contribution in [-0.2, 0) is 0 Å². The van der Waals surface area contributed by atoms with Gasteiger partial charge in [-0.2, -0.15) is 0 Å². The average Bonchev–Trinajstić information content (AvgIpc) is 2.62. The zero-order chi connectivity index (χ0) is 17.1. The van der Waals surface area contributed by atoms with Crippen molar-refractivity contribution in [2.24, 2.45) is 11.8 Å². The van der Waals surface area contributed by atoms with Gasteiger partial charge in [0.25, 0.3) is 0 Å². The quantitative estimate of drug-likeness (QED) is 0.903. The lowest BCUT2D eigenvalue weighted by molar-refractivity contribution is -0.00238. The number of benzene rings is 1. The Morgan fingerprint density at radius 1 is 1.21 bits per heavy atom. The van der Waals surface area contributed by atoms with Gasteiger partial charge in [0.15, 0.2) is 0 Å². The van der Waals surface area contributed by atoms with Crippen molar-refractivity contribution in [3.05, 3.63) is 29.8 Å². The van der Waals surface area contributed by atoms with E-state index in [4.69, 9.17) is 4.74 Å². The molecule has 134 valence electrons. The lowest BCUT2D eigenvalue weighted by atomic mass is 9.76. The van der Waals surface area contributed by atoms with Crippen molar-refractivity contribution in [3.63, 3.8) is 0 Å². The summed E-state index contributed by atoms with van der Waals surface area (Å²) in [6.45, 7) is 6.61. The summed E-state index contributed by atoms with van der Waals surface area (Å²) in [4.78, 5) is 2.57. The molecule has 0 radical (unpaired) electrons. The standard InChI is InChI=1S/C21H33NO2/c1-4-16-10-9-15(2)19(13-16)22-12-11-17(20(23)14-22)18-7-5-6-8-21(18)24-3/h5-8,15-17,19-20,23H,4,9-14H2,1-3H3/t15-,16-,17+,19-,20-/m1/s1. The Balaban J connectivity index is 1.68. The minimum absolute atomic E-state index is 0.193. The van der Waals surface area contributed by atoms with E-state index in [0.29, 0.717) is 6.04 Å². The Bertz CT molecular complexity index is 532. The van der Waals surface area contributed by atoms with Crippen LogP contribution >= 0.6 is 0 Å². The van der Waals surface area contributed by atoms with Gasteiger partial charge in [-0.15, -0.1) is 0 Å². The van der Waals surface area contributed by atoms with Crippen LogP contribution < -0.4 is 4.74 Å². The zero-order valence-corrected chi connectivity index (χ0v) is 15.4. The van der Waals surface area contributed by atoms with Crippen molar-refractivity contribution in [2.45, 2.75) is 64.0 Å². The van der Waals surface area contributed by atoms with Crippen molar-refractivity contribution in [3.8, 4) is 5.75 Å². The second-order valence-corrected chi connectivity index (χ2v) is 7.83. The smallest absolute Gasteiger partial charge is 0.122 e. The summed E-state index contributed by atoms with van der Waals surface area (Å²) >= 11 is 0. The third-order valence-electron chi connectivity index (χ3n) is 6.46. The third-order valence-corrected chi connectivity index (χ3v) is 6.46. The van der Waals surface area contributed by atoms with Crippen molar-refractivity contribution >= 4 is 0 Å². The van der Waals surface area contributed by atoms with Gasteiger partial charge in [-0.05, 0) is 49.3 Å². The van der Waals surface area contributed by atoms with Gasteiger partial charge in [0, 0.05) is 18.5 Å². The number of ether oxygens (including phenoxy) is 1. The topological polar surface area (TPSA) is 32.7 Å². The van der Waals surface area contributed by atoms with Crippen LogP contribution in [-0.4, -0.2) is 42.4 Å². The molecule has 0 amide bonds. The summed E-state index contributed by atoms with van der Waals surface area (Å²) in [6.07, 6.45) is 6.04. The maximum absolute atomic E-state index is 10.9. The molecule has 1 heterocycles. The highest BCUT2D eigenvalue weighted by Crippen LogP contribution is 2.39. The van der Waals surface area contributed by atoms with Gasteiger partial charge in [0.2, 0.25) is 0 Å². The molecule has 3 nitrogen and oxygen atoms in total. The maximum Gasteiger partial charge on any atom is 0.122 e. The lowest BCUT2D eigenvalue weighted by Gasteiger charge is -2.46. The van der Waals surface area contributed by atoms with E-state index in [2.05, 4.69) is 24.8 Å². The minimum Gasteiger partial charge on any atom is -0.496 e. The molecule has 0 aromatic heterocycles. The largest absolute Gasteiger partial charge is 0.496 e. The van der Waals surface area contributed by atoms with E-state index < -0.39 is 0 Å². The van der Waals surface area contributed by atoms with Gasteiger partial charge < -0.3 is 9.84 Å². The van der Waals surface area contributed by atoms with E-state index in [-0.39, 0.29) is 12.0 Å². The molecule has 1 saturated carbocycles. The fourth-order valence-electron chi connectivity index (χ4n) is 4.86. The molecule has 0 bridgehead atoms.